The first kappa shape index (κ1) is 33.9. The maximum absolute atomic E-state index is 14.9. The Bertz CT molecular complexity index is 1590. The summed E-state index contributed by atoms with van der Waals surface area (Å²) in [5, 5.41) is 0. The van der Waals surface area contributed by atoms with Gasteiger partial charge in [0.2, 0.25) is 5.82 Å². The van der Waals surface area contributed by atoms with Gasteiger partial charge >= 0.3 is 72.2 Å². The van der Waals surface area contributed by atoms with Crippen LogP contribution in [0.25, 0.3) is 0 Å². The Labute approximate surface area is 234 Å². The summed E-state index contributed by atoms with van der Waals surface area (Å²) in [6.07, 6.45) is -4.27. The van der Waals surface area contributed by atoms with Gasteiger partial charge in [0, 0.05) is 11.6 Å². The molecule has 43 heavy (non-hydrogen) atoms. The van der Waals surface area contributed by atoms with Crippen LogP contribution in [0.3, 0.4) is 0 Å². The second-order valence-corrected chi connectivity index (χ2v) is 9.01. The van der Waals surface area contributed by atoms with Crippen molar-refractivity contribution in [3.8, 4) is 0 Å². The zero-order valence-corrected chi connectivity index (χ0v) is 21.4. The van der Waals surface area contributed by atoms with Gasteiger partial charge in [0.05, 0.1) is 5.56 Å². The molecule has 0 bridgehead atoms. The van der Waals surface area contributed by atoms with Gasteiger partial charge in [0.25, 0.3) is 0 Å². The zero-order valence-electron chi connectivity index (χ0n) is 19.5. The molecule has 0 fully saturated rings. The van der Waals surface area contributed by atoms with E-state index in [-0.39, 0.29) is 6.07 Å². The minimum atomic E-state index is -4.72. The van der Waals surface area contributed by atoms with Crippen molar-refractivity contribution in [2.24, 2.45) is 0 Å². The Kier molecular flexibility index (Phi) is 9.35. The number of halogens is 18. The number of alkyl halides is 1. The molecular weight excluding hydrogens is 705 g/mol. The molecule has 0 amide bonds. The molecule has 230 valence electrons. The fraction of sp³-hybridized carbons (Fsp3) is 0.0833. The predicted molar refractivity (Wildman–Crippen MR) is 108 cm³/mol. The molecule has 3 aromatic carbocycles. The number of allylic oxidation sites excluding steroid dienone is 4. The van der Waals surface area contributed by atoms with Crippen LogP contribution in [0, 0.1) is 75.6 Å². The van der Waals surface area contributed by atoms with Gasteiger partial charge in [-0.3, -0.25) is 0 Å². The summed E-state index contributed by atoms with van der Waals surface area (Å²) in [6.45, 7) is 0. The standard InChI is InChI=1S/C18H3F13.C6AsF5/c19-3-1-4(7(21)5(20)2-3)18(16(30)14(28)13(27)15(29)17(18)31)6-8(22)10(24)12(26)11(25)9(6)23;7-1-2(8)4(10)6(12)5(11)3(1)9/h1-2,16H;. The second-order valence-electron chi connectivity index (χ2n) is 8.07. The number of hydrogen-bond acceptors (Lipinski definition) is 0. The van der Waals surface area contributed by atoms with Crippen LogP contribution in [-0.2, 0) is 5.41 Å². The van der Waals surface area contributed by atoms with Crippen LogP contribution in [0.1, 0.15) is 11.1 Å². The molecule has 1 aliphatic carbocycles. The third kappa shape index (κ3) is 5.06. The van der Waals surface area contributed by atoms with Crippen LogP contribution < -0.4 is 4.35 Å². The van der Waals surface area contributed by atoms with E-state index in [1.165, 1.54) is 16.9 Å². The zero-order chi connectivity index (χ0) is 33.0. The van der Waals surface area contributed by atoms with Crippen molar-refractivity contribution < 1.29 is 79.0 Å². The fourth-order valence-corrected chi connectivity index (χ4v) is 4.21. The van der Waals surface area contributed by atoms with Crippen LogP contribution in [0.4, 0.5) is 79.0 Å². The maximum atomic E-state index is 14.9. The average Bonchev–Trinajstić information content (AvgIpc) is 2.98. The van der Waals surface area contributed by atoms with Crippen molar-refractivity contribution >= 4 is 21.2 Å². The van der Waals surface area contributed by atoms with Gasteiger partial charge in [-0.25, -0.2) is 57.1 Å². The molecule has 0 aliphatic heterocycles. The molecule has 19 heteroatoms. The Balaban J connectivity index is 0.000000353. The van der Waals surface area contributed by atoms with Crippen LogP contribution in [0.15, 0.2) is 35.4 Å². The van der Waals surface area contributed by atoms with Crippen LogP contribution in [-0.4, -0.2) is 23.0 Å². The van der Waals surface area contributed by atoms with E-state index in [0.29, 0.717) is 0 Å². The van der Waals surface area contributed by atoms with Crippen molar-refractivity contribution in [3.05, 3.63) is 122 Å². The molecule has 0 heterocycles. The summed E-state index contributed by atoms with van der Waals surface area (Å²) in [6, 6.07) is -0.682. The third-order valence-electron chi connectivity index (χ3n) is 5.75. The molecule has 2 unspecified atom stereocenters. The molecule has 3 aromatic rings. The van der Waals surface area contributed by atoms with Crippen molar-refractivity contribution in [1.82, 2.24) is 0 Å². The predicted octanol–water partition coefficient (Wildman–Crippen LogP) is 7.91. The van der Waals surface area contributed by atoms with Gasteiger partial charge in [0.15, 0.2) is 64.4 Å². The minimum absolute atomic E-state index is 0.272. The normalized spacial score (nSPS) is 18.7. The summed E-state index contributed by atoms with van der Waals surface area (Å²) in [5.41, 5.74) is -9.73. The molecule has 0 saturated carbocycles. The Hall–Kier alpha value is -3.56. The molecule has 0 nitrogen and oxygen atoms in total. The van der Waals surface area contributed by atoms with E-state index in [4.69, 9.17) is 0 Å². The van der Waals surface area contributed by atoms with E-state index in [2.05, 4.69) is 0 Å². The van der Waals surface area contributed by atoms with Crippen molar-refractivity contribution in [2.75, 3.05) is 0 Å². The molecule has 0 N–H and O–H groups in total. The first-order valence-electron chi connectivity index (χ1n) is 10.4. The summed E-state index contributed by atoms with van der Waals surface area (Å²) < 4.78 is 243. The third-order valence-corrected chi connectivity index (χ3v) is 6.58. The summed E-state index contributed by atoms with van der Waals surface area (Å²) in [4.78, 5) is 0. The van der Waals surface area contributed by atoms with Crippen molar-refractivity contribution in [3.63, 3.8) is 0 Å². The van der Waals surface area contributed by atoms with Crippen molar-refractivity contribution in [2.45, 2.75) is 11.6 Å². The van der Waals surface area contributed by atoms with Gasteiger partial charge in [-0.2, -0.15) is 0 Å². The van der Waals surface area contributed by atoms with Crippen LogP contribution in [0.2, 0.25) is 0 Å². The SMILES string of the molecule is FC1=C(F)C(F)C(c2cc(F)cc(F)c2F)(c2c(F)c(F)c(F)c(F)c2F)C(F)=C1F.Fc1c(F)c(F)c([As])c(F)c1F. The monoisotopic (exact) mass is 708 g/mol. The van der Waals surface area contributed by atoms with Crippen molar-refractivity contribution in [1.29, 1.82) is 0 Å². The van der Waals surface area contributed by atoms with E-state index in [9.17, 15) is 79.0 Å². The molecule has 1 aliphatic rings. The Morgan fingerprint density at radius 2 is 0.884 bits per heavy atom. The second kappa shape index (κ2) is 11.8. The van der Waals surface area contributed by atoms with E-state index in [1.807, 2.05) is 0 Å². The average molecular weight is 708 g/mol. The number of benzene rings is 3. The first-order chi connectivity index (χ1) is 19.8. The molecule has 0 saturated heterocycles. The van der Waals surface area contributed by atoms with E-state index in [1.54, 1.807) is 0 Å². The molecule has 0 spiro atoms. The Morgan fingerprint density at radius 1 is 0.488 bits per heavy atom. The van der Waals surface area contributed by atoms with E-state index in [0.717, 1.165) is 0 Å². The molecular formula is C24H3AsF18. The molecule has 0 aromatic heterocycles. The fourth-order valence-electron chi connectivity index (χ4n) is 3.80. The first-order valence-corrected chi connectivity index (χ1v) is 11.3. The number of rotatable bonds is 2. The van der Waals surface area contributed by atoms with Crippen LogP contribution >= 0.6 is 0 Å². The molecule has 2 atom stereocenters. The number of hydrogen-bond donors (Lipinski definition) is 0. The molecule has 2 radical (unpaired) electrons. The van der Waals surface area contributed by atoms with Gasteiger partial charge in [0.1, 0.15) is 11.2 Å². The van der Waals surface area contributed by atoms with Crippen LogP contribution in [0.5, 0.6) is 0 Å². The van der Waals surface area contributed by atoms with E-state index < -0.39 is 132 Å². The topological polar surface area (TPSA) is 0 Å². The quantitative estimate of drug-likeness (QED) is 0.110. The Morgan fingerprint density at radius 3 is 1.33 bits per heavy atom. The summed E-state index contributed by atoms with van der Waals surface area (Å²) in [5.74, 6) is -43.6. The molecule has 4 rings (SSSR count). The van der Waals surface area contributed by atoms with Gasteiger partial charge < -0.3 is 0 Å². The van der Waals surface area contributed by atoms with Gasteiger partial charge in [-0.1, -0.05) is 0 Å². The van der Waals surface area contributed by atoms with Gasteiger partial charge in [-0.15, -0.1) is 0 Å². The van der Waals surface area contributed by atoms with E-state index >= 15 is 0 Å². The summed E-state index contributed by atoms with van der Waals surface area (Å²) in [7, 11) is 0. The summed E-state index contributed by atoms with van der Waals surface area (Å²) >= 11 is 1.28. The van der Waals surface area contributed by atoms with Gasteiger partial charge in [-0.05, 0) is 6.07 Å².